The Labute approximate surface area is 89.8 Å². The number of rotatable bonds is 7. The number of nitrogens with one attached hydrogen (secondary N) is 1. The van der Waals surface area contributed by atoms with Gasteiger partial charge in [-0.2, -0.15) is 0 Å². The topological polar surface area (TPSA) is 52.0 Å². The summed E-state index contributed by atoms with van der Waals surface area (Å²) in [6, 6.07) is 0. The van der Waals surface area contributed by atoms with E-state index in [1.807, 2.05) is 4.57 Å². The molecule has 0 bridgehead atoms. The van der Waals surface area contributed by atoms with E-state index in [4.69, 9.17) is 4.74 Å². The van der Waals surface area contributed by atoms with Gasteiger partial charge >= 0.3 is 0 Å². The third kappa shape index (κ3) is 3.28. The molecule has 1 aliphatic rings. The largest absolute Gasteiger partial charge is 0.383 e. The molecule has 1 heterocycles. The van der Waals surface area contributed by atoms with E-state index in [1.54, 1.807) is 13.4 Å². The fourth-order valence-electron chi connectivity index (χ4n) is 1.50. The summed E-state index contributed by atoms with van der Waals surface area (Å²) in [6.45, 7) is 3.44. The van der Waals surface area contributed by atoms with E-state index in [9.17, 15) is 0 Å². The Hall–Kier alpha value is -0.940. The van der Waals surface area contributed by atoms with Crippen LogP contribution in [0.4, 0.5) is 0 Å². The first-order valence-electron chi connectivity index (χ1n) is 5.46. The molecule has 1 aromatic rings. The summed E-state index contributed by atoms with van der Waals surface area (Å²) >= 11 is 0. The van der Waals surface area contributed by atoms with E-state index in [0.29, 0.717) is 6.61 Å². The standard InChI is InChI=1S/C10H18N4O/c1-15-5-4-14-8-12-13-10(14)7-11-6-9-2-3-9/h8-9,11H,2-7H2,1H3. The highest BCUT2D eigenvalue weighted by Crippen LogP contribution is 2.27. The van der Waals surface area contributed by atoms with E-state index in [2.05, 4.69) is 15.5 Å². The molecule has 1 saturated carbocycles. The minimum absolute atomic E-state index is 0.702. The molecule has 1 N–H and O–H groups in total. The summed E-state index contributed by atoms with van der Waals surface area (Å²) in [5.74, 6) is 1.90. The van der Waals surface area contributed by atoms with Crippen molar-refractivity contribution in [3.8, 4) is 0 Å². The maximum atomic E-state index is 5.03. The minimum atomic E-state index is 0.702. The lowest BCUT2D eigenvalue weighted by Crippen LogP contribution is -2.20. The number of nitrogens with zero attached hydrogens (tertiary/aromatic N) is 3. The van der Waals surface area contributed by atoms with E-state index in [-0.39, 0.29) is 0 Å². The van der Waals surface area contributed by atoms with Gasteiger partial charge in [0.05, 0.1) is 13.2 Å². The zero-order chi connectivity index (χ0) is 10.5. The SMILES string of the molecule is COCCn1cnnc1CNCC1CC1. The number of aromatic nitrogens is 3. The normalized spacial score (nSPS) is 15.8. The molecule has 1 aromatic heterocycles. The van der Waals surface area contributed by atoms with Gasteiger partial charge in [-0.05, 0) is 25.3 Å². The van der Waals surface area contributed by atoms with Gasteiger partial charge in [-0.3, -0.25) is 0 Å². The Morgan fingerprint density at radius 3 is 3.20 bits per heavy atom. The maximum Gasteiger partial charge on any atom is 0.146 e. The van der Waals surface area contributed by atoms with Crippen molar-refractivity contribution >= 4 is 0 Å². The van der Waals surface area contributed by atoms with E-state index >= 15 is 0 Å². The fourth-order valence-corrected chi connectivity index (χ4v) is 1.50. The van der Waals surface area contributed by atoms with Crippen LogP contribution in [0.1, 0.15) is 18.7 Å². The van der Waals surface area contributed by atoms with E-state index in [1.165, 1.54) is 12.8 Å². The molecule has 5 heteroatoms. The molecule has 0 radical (unpaired) electrons. The Balaban J connectivity index is 1.75. The van der Waals surface area contributed by atoms with Crippen LogP contribution in [0, 0.1) is 5.92 Å². The van der Waals surface area contributed by atoms with E-state index < -0.39 is 0 Å². The lowest BCUT2D eigenvalue weighted by Gasteiger charge is -2.06. The maximum absolute atomic E-state index is 5.03. The van der Waals surface area contributed by atoms with Crippen LogP contribution >= 0.6 is 0 Å². The molecule has 5 nitrogen and oxygen atoms in total. The van der Waals surface area contributed by atoms with E-state index in [0.717, 1.165) is 31.4 Å². The highest BCUT2D eigenvalue weighted by molar-refractivity contribution is 4.86. The monoisotopic (exact) mass is 210 g/mol. The van der Waals surface area contributed by atoms with Crippen LogP contribution in [0.5, 0.6) is 0 Å². The summed E-state index contributed by atoms with van der Waals surface area (Å²) in [6.07, 6.45) is 4.51. The lowest BCUT2D eigenvalue weighted by molar-refractivity contribution is 0.186. The molecule has 1 aliphatic carbocycles. The molecule has 0 aromatic carbocycles. The molecule has 0 spiro atoms. The van der Waals surface area contributed by atoms with Crippen molar-refractivity contribution in [2.75, 3.05) is 20.3 Å². The van der Waals surface area contributed by atoms with Crippen LogP contribution in [0.2, 0.25) is 0 Å². The molecule has 2 rings (SSSR count). The van der Waals surface area contributed by atoms with Crippen LogP contribution in [-0.2, 0) is 17.8 Å². The van der Waals surface area contributed by atoms with Crippen molar-refractivity contribution in [1.82, 2.24) is 20.1 Å². The van der Waals surface area contributed by atoms with Gasteiger partial charge in [0, 0.05) is 13.7 Å². The van der Waals surface area contributed by atoms with Crippen LogP contribution in [0.3, 0.4) is 0 Å². The third-order valence-electron chi connectivity index (χ3n) is 2.65. The van der Waals surface area contributed by atoms with Crippen LogP contribution in [0.25, 0.3) is 0 Å². The predicted octanol–water partition coefficient (Wildman–Crippen LogP) is 0.424. The molecule has 0 amide bonds. The van der Waals surface area contributed by atoms with Crippen LogP contribution in [-0.4, -0.2) is 35.0 Å². The van der Waals surface area contributed by atoms with Crippen molar-refractivity contribution in [2.45, 2.75) is 25.9 Å². The van der Waals surface area contributed by atoms with Gasteiger partial charge in [0.2, 0.25) is 0 Å². The molecule has 0 unspecified atom stereocenters. The molecule has 0 aliphatic heterocycles. The van der Waals surface area contributed by atoms with Crippen molar-refractivity contribution < 1.29 is 4.74 Å². The second-order valence-electron chi connectivity index (χ2n) is 4.01. The number of hydrogen-bond acceptors (Lipinski definition) is 4. The van der Waals surface area contributed by atoms with Crippen molar-refractivity contribution in [3.05, 3.63) is 12.2 Å². The Morgan fingerprint density at radius 2 is 2.47 bits per heavy atom. The number of hydrogen-bond donors (Lipinski definition) is 1. The second-order valence-corrected chi connectivity index (χ2v) is 4.01. The lowest BCUT2D eigenvalue weighted by atomic mass is 10.4. The zero-order valence-corrected chi connectivity index (χ0v) is 9.15. The third-order valence-corrected chi connectivity index (χ3v) is 2.65. The first kappa shape index (κ1) is 10.6. The Morgan fingerprint density at radius 1 is 1.60 bits per heavy atom. The summed E-state index contributed by atoms with van der Waals surface area (Å²) < 4.78 is 7.06. The Bertz CT molecular complexity index is 295. The average Bonchev–Trinajstić information content (AvgIpc) is 2.95. The summed E-state index contributed by atoms with van der Waals surface area (Å²) in [4.78, 5) is 0. The molecule has 0 saturated heterocycles. The van der Waals surface area contributed by atoms with Gasteiger partial charge in [-0.15, -0.1) is 10.2 Å². The van der Waals surface area contributed by atoms with Gasteiger partial charge < -0.3 is 14.6 Å². The van der Waals surface area contributed by atoms with Crippen molar-refractivity contribution in [1.29, 1.82) is 0 Å². The quantitative estimate of drug-likeness (QED) is 0.709. The van der Waals surface area contributed by atoms with Gasteiger partial charge in [0.25, 0.3) is 0 Å². The van der Waals surface area contributed by atoms with Gasteiger partial charge in [-0.25, -0.2) is 0 Å². The second kappa shape index (κ2) is 5.23. The van der Waals surface area contributed by atoms with Crippen LogP contribution < -0.4 is 5.32 Å². The predicted molar refractivity (Wildman–Crippen MR) is 56.3 cm³/mol. The summed E-state index contributed by atoms with van der Waals surface area (Å²) in [5.41, 5.74) is 0. The summed E-state index contributed by atoms with van der Waals surface area (Å²) in [7, 11) is 1.70. The van der Waals surface area contributed by atoms with Gasteiger partial charge in [0.1, 0.15) is 12.2 Å². The molecule has 15 heavy (non-hydrogen) atoms. The molecule has 1 fully saturated rings. The average molecular weight is 210 g/mol. The minimum Gasteiger partial charge on any atom is -0.383 e. The molecular formula is C10H18N4O. The first-order valence-corrected chi connectivity index (χ1v) is 5.46. The van der Waals surface area contributed by atoms with Crippen molar-refractivity contribution in [2.24, 2.45) is 5.92 Å². The van der Waals surface area contributed by atoms with Crippen LogP contribution in [0.15, 0.2) is 6.33 Å². The zero-order valence-electron chi connectivity index (χ0n) is 9.15. The van der Waals surface area contributed by atoms with Gasteiger partial charge in [0.15, 0.2) is 0 Å². The van der Waals surface area contributed by atoms with Gasteiger partial charge in [-0.1, -0.05) is 0 Å². The van der Waals surface area contributed by atoms with Crippen molar-refractivity contribution in [3.63, 3.8) is 0 Å². The molecular weight excluding hydrogens is 192 g/mol. The smallest absolute Gasteiger partial charge is 0.146 e. The highest BCUT2D eigenvalue weighted by Gasteiger charge is 2.20. The molecule has 84 valence electrons. The highest BCUT2D eigenvalue weighted by atomic mass is 16.5. The Kier molecular flexibility index (Phi) is 3.69. The fraction of sp³-hybridized carbons (Fsp3) is 0.800. The summed E-state index contributed by atoms with van der Waals surface area (Å²) in [5, 5.41) is 11.4. The molecule has 0 atom stereocenters. The first-order chi connectivity index (χ1) is 7.40. The number of ether oxygens (including phenoxy) is 1. The number of methoxy groups -OCH3 is 1.